The molecule has 4 N–H and O–H groups in total. The van der Waals surface area contributed by atoms with Gasteiger partial charge in [-0.05, 0) is 23.8 Å². The number of fused-ring (bicyclic) bond motifs is 1. The Morgan fingerprint density at radius 3 is 2.58 bits per heavy atom. The zero-order valence-corrected chi connectivity index (χ0v) is 12.9. The van der Waals surface area contributed by atoms with Crippen LogP contribution in [0, 0.1) is 5.82 Å². The van der Waals surface area contributed by atoms with Crippen LogP contribution in [0.4, 0.5) is 4.39 Å². The minimum atomic E-state index is -0.854. The molecule has 0 fully saturated rings. The third-order valence-electron chi connectivity index (χ3n) is 3.43. The zero-order chi connectivity index (χ0) is 17.4. The van der Waals surface area contributed by atoms with Crippen LogP contribution in [0.25, 0.3) is 10.9 Å². The molecular formula is C15H11ClFN5O2. The third kappa shape index (κ3) is 2.79. The molecule has 0 spiro atoms. The molecule has 9 heteroatoms. The Kier molecular flexibility index (Phi) is 3.90. The molecular weight excluding hydrogens is 337 g/mol. The Labute approximate surface area is 140 Å². The van der Waals surface area contributed by atoms with Crippen LogP contribution in [-0.2, 0) is 6.54 Å². The topological polar surface area (TPSA) is 117 Å². The van der Waals surface area contributed by atoms with Crippen molar-refractivity contribution in [1.82, 2.24) is 14.8 Å². The molecule has 0 unspecified atom stereocenters. The van der Waals surface area contributed by atoms with Gasteiger partial charge in [0.25, 0.3) is 11.8 Å². The summed E-state index contributed by atoms with van der Waals surface area (Å²) in [6, 6.07) is 4.50. The van der Waals surface area contributed by atoms with E-state index < -0.39 is 17.6 Å². The van der Waals surface area contributed by atoms with Gasteiger partial charge in [-0.1, -0.05) is 11.6 Å². The van der Waals surface area contributed by atoms with Crippen molar-refractivity contribution in [1.29, 1.82) is 0 Å². The fourth-order valence-corrected chi connectivity index (χ4v) is 2.61. The molecule has 0 saturated heterocycles. The summed E-state index contributed by atoms with van der Waals surface area (Å²) in [4.78, 5) is 26.8. The summed E-state index contributed by atoms with van der Waals surface area (Å²) in [6.07, 6.45) is 2.50. The van der Waals surface area contributed by atoms with Crippen molar-refractivity contribution >= 4 is 34.3 Å². The molecule has 0 radical (unpaired) electrons. The number of benzene rings is 1. The van der Waals surface area contributed by atoms with Gasteiger partial charge in [0.2, 0.25) is 0 Å². The average Bonchev–Trinajstić information content (AvgIpc) is 2.90. The van der Waals surface area contributed by atoms with Gasteiger partial charge in [-0.3, -0.25) is 19.3 Å². The SMILES string of the molecule is NC(=O)c1cnn(Cc2cc(F)c3ncc(Cl)cc3c2)c1C(N)=O. The first-order valence-electron chi connectivity index (χ1n) is 6.76. The minimum Gasteiger partial charge on any atom is -0.365 e. The number of halogens is 2. The van der Waals surface area contributed by atoms with Crippen molar-refractivity contribution in [3.63, 3.8) is 0 Å². The molecule has 0 saturated carbocycles. The maximum atomic E-state index is 14.2. The number of carbonyl (C=O) groups is 2. The van der Waals surface area contributed by atoms with Gasteiger partial charge in [-0.2, -0.15) is 5.10 Å². The van der Waals surface area contributed by atoms with Gasteiger partial charge in [0.15, 0.2) is 0 Å². The zero-order valence-electron chi connectivity index (χ0n) is 12.2. The van der Waals surface area contributed by atoms with Crippen LogP contribution in [0.5, 0.6) is 0 Å². The monoisotopic (exact) mass is 347 g/mol. The van der Waals surface area contributed by atoms with Crippen LogP contribution in [0.15, 0.2) is 30.6 Å². The number of aromatic nitrogens is 3. The number of amides is 2. The number of pyridine rings is 1. The van der Waals surface area contributed by atoms with Crippen molar-refractivity contribution in [2.75, 3.05) is 0 Å². The second-order valence-corrected chi connectivity index (χ2v) is 5.53. The molecule has 1 aromatic carbocycles. The van der Waals surface area contributed by atoms with Crippen LogP contribution in [0.1, 0.15) is 26.4 Å². The number of rotatable bonds is 4. The third-order valence-corrected chi connectivity index (χ3v) is 3.64. The summed E-state index contributed by atoms with van der Waals surface area (Å²) in [7, 11) is 0. The molecule has 122 valence electrons. The van der Waals surface area contributed by atoms with E-state index in [4.69, 9.17) is 23.1 Å². The molecule has 7 nitrogen and oxygen atoms in total. The van der Waals surface area contributed by atoms with E-state index in [1.807, 2.05) is 0 Å². The number of nitrogens with two attached hydrogens (primary N) is 2. The Morgan fingerprint density at radius 2 is 1.92 bits per heavy atom. The number of carbonyl (C=O) groups excluding carboxylic acids is 2. The van der Waals surface area contributed by atoms with Crippen LogP contribution in [-0.4, -0.2) is 26.6 Å². The van der Waals surface area contributed by atoms with E-state index in [1.165, 1.54) is 16.9 Å². The smallest absolute Gasteiger partial charge is 0.267 e. The van der Waals surface area contributed by atoms with Crippen molar-refractivity contribution < 1.29 is 14.0 Å². The molecule has 0 bridgehead atoms. The van der Waals surface area contributed by atoms with Gasteiger partial charge in [-0.15, -0.1) is 0 Å². The first-order valence-corrected chi connectivity index (χ1v) is 7.13. The normalized spacial score (nSPS) is 10.9. The van der Waals surface area contributed by atoms with Crippen molar-refractivity contribution in [2.45, 2.75) is 6.54 Å². The van der Waals surface area contributed by atoms with Gasteiger partial charge in [-0.25, -0.2) is 4.39 Å². The number of nitrogens with zero attached hydrogens (tertiary/aromatic N) is 3. The molecule has 2 heterocycles. The Bertz CT molecular complexity index is 985. The van der Waals surface area contributed by atoms with Crippen molar-refractivity contribution in [2.24, 2.45) is 11.5 Å². The highest BCUT2D eigenvalue weighted by Crippen LogP contribution is 2.22. The van der Waals surface area contributed by atoms with E-state index >= 15 is 0 Å². The van der Waals surface area contributed by atoms with Gasteiger partial charge in [0.1, 0.15) is 17.0 Å². The van der Waals surface area contributed by atoms with Gasteiger partial charge in [0, 0.05) is 11.6 Å². The summed E-state index contributed by atoms with van der Waals surface area (Å²) in [5, 5.41) is 4.80. The predicted octanol–water partition coefficient (Wildman–Crippen LogP) is 1.47. The van der Waals surface area contributed by atoms with Crippen molar-refractivity contribution in [3.05, 3.63) is 58.3 Å². The van der Waals surface area contributed by atoms with Crippen molar-refractivity contribution in [3.8, 4) is 0 Å². The Morgan fingerprint density at radius 1 is 1.17 bits per heavy atom. The van der Waals surface area contributed by atoms with Gasteiger partial charge >= 0.3 is 0 Å². The number of hydrogen-bond acceptors (Lipinski definition) is 4. The molecule has 3 rings (SSSR count). The second kappa shape index (κ2) is 5.89. The minimum absolute atomic E-state index is 0.0188. The number of hydrogen-bond donors (Lipinski definition) is 2. The summed E-state index contributed by atoms with van der Waals surface area (Å²) >= 11 is 5.87. The molecule has 0 aliphatic carbocycles. The van der Waals surface area contributed by atoms with E-state index in [1.54, 1.807) is 12.1 Å². The molecule has 0 atom stereocenters. The highest BCUT2D eigenvalue weighted by Gasteiger charge is 2.20. The summed E-state index contributed by atoms with van der Waals surface area (Å²) in [6.45, 7) is 0.0188. The lowest BCUT2D eigenvalue weighted by molar-refractivity contribution is 0.0961. The maximum Gasteiger partial charge on any atom is 0.267 e. The fourth-order valence-electron chi connectivity index (χ4n) is 2.45. The maximum absolute atomic E-state index is 14.2. The first-order chi connectivity index (χ1) is 11.4. The quantitative estimate of drug-likeness (QED) is 0.743. The number of primary amides is 2. The lowest BCUT2D eigenvalue weighted by Gasteiger charge is -2.08. The molecule has 0 aliphatic rings. The molecule has 0 aliphatic heterocycles. The first kappa shape index (κ1) is 15.9. The molecule has 3 aromatic rings. The summed E-state index contributed by atoms with van der Waals surface area (Å²) in [5.41, 5.74) is 10.9. The second-order valence-electron chi connectivity index (χ2n) is 5.10. The summed E-state index contributed by atoms with van der Waals surface area (Å²) in [5.74, 6) is -2.22. The van der Waals surface area contributed by atoms with E-state index in [0.717, 1.165) is 6.20 Å². The van der Waals surface area contributed by atoms with Gasteiger partial charge in [0.05, 0.1) is 23.3 Å². The summed E-state index contributed by atoms with van der Waals surface area (Å²) < 4.78 is 15.4. The Balaban J connectivity index is 2.07. The van der Waals surface area contributed by atoms with E-state index in [2.05, 4.69) is 10.1 Å². The van der Waals surface area contributed by atoms with Crippen LogP contribution < -0.4 is 11.5 Å². The average molecular weight is 348 g/mol. The lowest BCUT2D eigenvalue weighted by atomic mass is 10.1. The molecule has 2 amide bonds. The van der Waals surface area contributed by atoms with E-state index in [-0.39, 0.29) is 23.3 Å². The highest BCUT2D eigenvalue weighted by atomic mass is 35.5. The van der Waals surface area contributed by atoms with Crippen LogP contribution in [0.3, 0.4) is 0 Å². The van der Waals surface area contributed by atoms with E-state index in [9.17, 15) is 14.0 Å². The fraction of sp³-hybridized carbons (Fsp3) is 0.0667. The lowest BCUT2D eigenvalue weighted by Crippen LogP contribution is -2.23. The highest BCUT2D eigenvalue weighted by molar-refractivity contribution is 6.31. The molecule has 24 heavy (non-hydrogen) atoms. The standard InChI is InChI=1S/C15H11ClFN5O2/c16-9-3-8-1-7(2-11(17)12(8)20-4-9)6-22-13(15(19)24)10(5-21-22)14(18)23/h1-5H,6H2,(H2,18,23)(H2,19,24). The van der Waals surface area contributed by atoms with Gasteiger partial charge < -0.3 is 11.5 Å². The van der Waals surface area contributed by atoms with Crippen LogP contribution >= 0.6 is 11.6 Å². The molecule has 2 aromatic heterocycles. The predicted molar refractivity (Wildman–Crippen MR) is 85.1 cm³/mol. The van der Waals surface area contributed by atoms with Crippen LogP contribution in [0.2, 0.25) is 5.02 Å². The Hall–Kier alpha value is -3.00. The van der Waals surface area contributed by atoms with E-state index in [0.29, 0.717) is 16.0 Å². The largest absolute Gasteiger partial charge is 0.365 e.